The molecule has 0 saturated heterocycles. The Hall–Kier alpha value is -1.71. The third-order valence-corrected chi connectivity index (χ3v) is 2.93. The Kier molecular flexibility index (Phi) is 4.45. The standard InChI is InChI=1S/C14H19NO3/c1-2-17-14(16)15-8-7-11-5-6-13-12(10-11)4-3-9-18-13/h5-6,10H,2-4,7-9H2,1H3,(H,15,16). The van der Waals surface area contributed by atoms with Crippen molar-refractivity contribution in [1.82, 2.24) is 5.32 Å². The molecule has 2 rings (SSSR count). The van der Waals surface area contributed by atoms with Gasteiger partial charge >= 0.3 is 6.09 Å². The average Bonchev–Trinajstić information content (AvgIpc) is 2.39. The smallest absolute Gasteiger partial charge is 0.407 e. The number of carbonyl (C=O) groups is 1. The van der Waals surface area contributed by atoms with Gasteiger partial charge in [-0.05, 0) is 43.4 Å². The first-order chi connectivity index (χ1) is 8.79. The zero-order chi connectivity index (χ0) is 12.8. The van der Waals surface area contributed by atoms with E-state index in [0.29, 0.717) is 13.2 Å². The number of aryl methyl sites for hydroxylation is 1. The Morgan fingerprint density at radius 3 is 3.22 bits per heavy atom. The molecule has 4 nitrogen and oxygen atoms in total. The van der Waals surface area contributed by atoms with Crippen molar-refractivity contribution in [2.45, 2.75) is 26.2 Å². The molecule has 0 radical (unpaired) electrons. The molecule has 0 saturated carbocycles. The van der Waals surface area contributed by atoms with Crippen LogP contribution in [0.4, 0.5) is 4.79 Å². The zero-order valence-electron chi connectivity index (χ0n) is 10.7. The molecular weight excluding hydrogens is 230 g/mol. The second kappa shape index (κ2) is 6.28. The predicted octanol–water partition coefficient (Wildman–Crippen LogP) is 2.30. The van der Waals surface area contributed by atoms with Crippen LogP contribution in [0.5, 0.6) is 5.75 Å². The van der Waals surface area contributed by atoms with E-state index in [-0.39, 0.29) is 6.09 Å². The molecule has 0 bridgehead atoms. The van der Waals surface area contributed by atoms with E-state index in [2.05, 4.69) is 17.4 Å². The van der Waals surface area contributed by atoms with Gasteiger partial charge in [0.1, 0.15) is 5.75 Å². The van der Waals surface area contributed by atoms with Crippen LogP contribution in [0.3, 0.4) is 0 Å². The van der Waals surface area contributed by atoms with E-state index in [1.165, 1.54) is 11.1 Å². The Bertz CT molecular complexity index is 418. The van der Waals surface area contributed by atoms with Crippen LogP contribution in [0, 0.1) is 0 Å². The maximum Gasteiger partial charge on any atom is 0.407 e. The molecule has 1 N–H and O–H groups in total. The number of carbonyl (C=O) groups excluding carboxylic acids is 1. The van der Waals surface area contributed by atoms with E-state index < -0.39 is 0 Å². The number of rotatable bonds is 4. The summed E-state index contributed by atoms with van der Waals surface area (Å²) in [5.41, 5.74) is 2.49. The number of hydrogen-bond donors (Lipinski definition) is 1. The molecule has 98 valence electrons. The predicted molar refractivity (Wildman–Crippen MR) is 69.0 cm³/mol. The highest BCUT2D eigenvalue weighted by atomic mass is 16.5. The molecule has 1 aliphatic heterocycles. The van der Waals surface area contributed by atoms with Crippen LogP contribution in [-0.4, -0.2) is 25.9 Å². The van der Waals surface area contributed by atoms with Gasteiger partial charge in [-0.25, -0.2) is 4.79 Å². The van der Waals surface area contributed by atoms with Crippen molar-refractivity contribution in [2.75, 3.05) is 19.8 Å². The largest absolute Gasteiger partial charge is 0.493 e. The summed E-state index contributed by atoms with van der Waals surface area (Å²) in [6.07, 6.45) is 2.62. The molecule has 0 aromatic heterocycles. The maximum atomic E-state index is 11.1. The van der Waals surface area contributed by atoms with Crippen molar-refractivity contribution in [3.8, 4) is 5.75 Å². The number of alkyl carbamates (subject to hydrolysis) is 1. The van der Waals surface area contributed by atoms with Crippen molar-refractivity contribution >= 4 is 6.09 Å². The summed E-state index contributed by atoms with van der Waals surface area (Å²) in [6, 6.07) is 6.24. The summed E-state index contributed by atoms with van der Waals surface area (Å²) in [7, 11) is 0. The summed E-state index contributed by atoms with van der Waals surface area (Å²) in [5, 5.41) is 2.72. The van der Waals surface area contributed by atoms with Crippen molar-refractivity contribution in [1.29, 1.82) is 0 Å². The Morgan fingerprint density at radius 2 is 2.39 bits per heavy atom. The quantitative estimate of drug-likeness (QED) is 0.890. The van der Waals surface area contributed by atoms with Crippen molar-refractivity contribution in [2.24, 2.45) is 0 Å². The number of fused-ring (bicyclic) bond motifs is 1. The summed E-state index contributed by atoms with van der Waals surface area (Å²) in [4.78, 5) is 11.1. The van der Waals surface area contributed by atoms with E-state index in [9.17, 15) is 4.79 Å². The van der Waals surface area contributed by atoms with Crippen molar-refractivity contribution in [3.63, 3.8) is 0 Å². The first kappa shape index (κ1) is 12.7. The topological polar surface area (TPSA) is 47.6 Å². The lowest BCUT2D eigenvalue weighted by Crippen LogP contribution is -2.26. The number of benzene rings is 1. The van der Waals surface area contributed by atoms with Gasteiger partial charge in [-0.1, -0.05) is 12.1 Å². The normalized spacial score (nSPS) is 13.4. The van der Waals surface area contributed by atoms with E-state index in [1.807, 2.05) is 6.07 Å². The van der Waals surface area contributed by atoms with E-state index in [4.69, 9.17) is 9.47 Å². The number of ether oxygens (including phenoxy) is 2. The van der Waals surface area contributed by atoms with Crippen LogP contribution in [0.2, 0.25) is 0 Å². The van der Waals surface area contributed by atoms with Gasteiger partial charge in [0.2, 0.25) is 0 Å². The third kappa shape index (κ3) is 3.39. The highest BCUT2D eigenvalue weighted by Crippen LogP contribution is 2.25. The van der Waals surface area contributed by atoms with Gasteiger partial charge in [-0.3, -0.25) is 0 Å². The third-order valence-electron chi connectivity index (χ3n) is 2.93. The lowest BCUT2D eigenvalue weighted by atomic mass is 10.0. The zero-order valence-corrected chi connectivity index (χ0v) is 10.7. The Labute approximate surface area is 107 Å². The fourth-order valence-corrected chi connectivity index (χ4v) is 2.06. The molecule has 4 heteroatoms. The molecule has 0 fully saturated rings. The first-order valence-electron chi connectivity index (χ1n) is 6.45. The van der Waals surface area contributed by atoms with Crippen LogP contribution in [-0.2, 0) is 17.6 Å². The fourth-order valence-electron chi connectivity index (χ4n) is 2.06. The van der Waals surface area contributed by atoms with Gasteiger partial charge in [0.05, 0.1) is 13.2 Å². The van der Waals surface area contributed by atoms with Crippen LogP contribution < -0.4 is 10.1 Å². The molecule has 0 unspecified atom stereocenters. The van der Waals surface area contributed by atoms with Gasteiger partial charge in [-0.2, -0.15) is 0 Å². The van der Waals surface area contributed by atoms with Gasteiger partial charge in [0, 0.05) is 6.54 Å². The molecule has 0 spiro atoms. The number of hydrogen-bond acceptors (Lipinski definition) is 3. The minimum absolute atomic E-state index is 0.348. The van der Waals surface area contributed by atoms with Crippen molar-refractivity contribution in [3.05, 3.63) is 29.3 Å². The molecule has 18 heavy (non-hydrogen) atoms. The van der Waals surface area contributed by atoms with E-state index >= 15 is 0 Å². The molecule has 1 heterocycles. The minimum Gasteiger partial charge on any atom is -0.493 e. The SMILES string of the molecule is CCOC(=O)NCCc1ccc2c(c1)CCCO2. The second-order valence-electron chi connectivity index (χ2n) is 4.29. The molecular formula is C14H19NO3. The molecule has 1 aromatic rings. The van der Waals surface area contributed by atoms with Crippen LogP contribution in [0.1, 0.15) is 24.5 Å². The summed E-state index contributed by atoms with van der Waals surface area (Å²) < 4.78 is 10.4. The summed E-state index contributed by atoms with van der Waals surface area (Å²) in [6.45, 7) is 3.61. The number of amides is 1. The van der Waals surface area contributed by atoms with Crippen LogP contribution in [0.25, 0.3) is 0 Å². The van der Waals surface area contributed by atoms with Gasteiger partial charge in [-0.15, -0.1) is 0 Å². The van der Waals surface area contributed by atoms with E-state index in [0.717, 1.165) is 31.6 Å². The van der Waals surface area contributed by atoms with E-state index in [1.54, 1.807) is 6.92 Å². The first-order valence-corrected chi connectivity index (χ1v) is 6.45. The highest BCUT2D eigenvalue weighted by molar-refractivity contribution is 5.67. The lowest BCUT2D eigenvalue weighted by Gasteiger charge is -2.17. The second-order valence-corrected chi connectivity index (χ2v) is 4.29. The Balaban J connectivity index is 1.84. The average molecular weight is 249 g/mol. The van der Waals surface area contributed by atoms with Crippen molar-refractivity contribution < 1.29 is 14.3 Å². The minimum atomic E-state index is -0.348. The molecule has 0 atom stereocenters. The fraction of sp³-hybridized carbons (Fsp3) is 0.500. The van der Waals surface area contributed by atoms with Gasteiger partial charge in [0.15, 0.2) is 0 Å². The van der Waals surface area contributed by atoms with Gasteiger partial charge < -0.3 is 14.8 Å². The maximum absolute atomic E-state index is 11.1. The summed E-state index contributed by atoms with van der Waals surface area (Å²) >= 11 is 0. The van der Waals surface area contributed by atoms with Crippen LogP contribution >= 0.6 is 0 Å². The lowest BCUT2D eigenvalue weighted by molar-refractivity contribution is 0.152. The number of nitrogens with one attached hydrogen (secondary N) is 1. The highest BCUT2D eigenvalue weighted by Gasteiger charge is 2.10. The Morgan fingerprint density at radius 1 is 1.50 bits per heavy atom. The molecule has 0 aliphatic carbocycles. The molecule has 1 amide bonds. The molecule has 1 aliphatic rings. The molecule has 1 aromatic carbocycles. The van der Waals surface area contributed by atoms with Crippen LogP contribution in [0.15, 0.2) is 18.2 Å². The summed E-state index contributed by atoms with van der Waals surface area (Å²) in [5.74, 6) is 1.00. The monoisotopic (exact) mass is 249 g/mol. The van der Waals surface area contributed by atoms with Gasteiger partial charge in [0.25, 0.3) is 0 Å².